The van der Waals surface area contributed by atoms with Gasteiger partial charge < -0.3 is 20.0 Å². The van der Waals surface area contributed by atoms with Crippen molar-refractivity contribution in [1.82, 2.24) is 20.2 Å². The minimum atomic E-state index is -0.785. The lowest BCUT2D eigenvalue weighted by atomic mass is 9.99. The molecular weight excluding hydrogens is 319 g/mol. The highest BCUT2D eigenvalue weighted by molar-refractivity contribution is 5.45. The first-order chi connectivity index (χ1) is 12.0. The fourth-order valence-electron chi connectivity index (χ4n) is 3.98. The molecule has 2 aliphatic heterocycles. The molecule has 0 radical (unpaired) electrons. The highest BCUT2D eigenvalue weighted by atomic mass is 19.1. The van der Waals surface area contributed by atoms with Crippen LogP contribution in [0.25, 0.3) is 0 Å². The Balaban J connectivity index is 1.63. The largest absolute Gasteiger partial charge is 0.349 e. The molecule has 6 nitrogen and oxygen atoms in total. The normalized spacial score (nSPS) is 27.1. The standard InChI is InChI=1S/C18H31FN6/c1-23(2)18-21-8-6-17(22-18)25-12-15(19)9-16(25)13-24(3)11-14-5-4-7-20-10-14/h6,8,14-16,20H,4-5,7,9-13H2,1-3H3/t14?,15-,16-/m0/s1. The zero-order valence-electron chi connectivity index (χ0n) is 15.7. The van der Waals surface area contributed by atoms with Gasteiger partial charge in [-0.15, -0.1) is 0 Å². The van der Waals surface area contributed by atoms with Gasteiger partial charge in [-0.25, -0.2) is 9.37 Å². The van der Waals surface area contributed by atoms with E-state index in [-0.39, 0.29) is 6.04 Å². The number of nitrogens with zero attached hydrogens (tertiary/aromatic N) is 5. The van der Waals surface area contributed by atoms with E-state index in [1.165, 1.54) is 12.8 Å². The summed E-state index contributed by atoms with van der Waals surface area (Å²) in [5.74, 6) is 2.20. The third-order valence-electron chi connectivity index (χ3n) is 5.18. The molecule has 0 aliphatic carbocycles. The van der Waals surface area contributed by atoms with E-state index < -0.39 is 6.17 Å². The summed E-state index contributed by atoms with van der Waals surface area (Å²) in [5, 5.41) is 3.47. The lowest BCUT2D eigenvalue weighted by Crippen LogP contribution is -2.43. The van der Waals surface area contributed by atoms with Crippen molar-refractivity contribution in [3.8, 4) is 0 Å². The predicted octanol–water partition coefficient (Wildman–Crippen LogP) is 1.39. The van der Waals surface area contributed by atoms with Crippen molar-refractivity contribution in [3.63, 3.8) is 0 Å². The molecule has 1 N–H and O–H groups in total. The average Bonchev–Trinajstić information content (AvgIpc) is 2.96. The summed E-state index contributed by atoms with van der Waals surface area (Å²) in [6.07, 6.45) is 4.10. The van der Waals surface area contributed by atoms with Crippen molar-refractivity contribution in [3.05, 3.63) is 12.3 Å². The van der Waals surface area contributed by atoms with Gasteiger partial charge in [-0.3, -0.25) is 0 Å². The summed E-state index contributed by atoms with van der Waals surface area (Å²) < 4.78 is 14.2. The summed E-state index contributed by atoms with van der Waals surface area (Å²) in [7, 11) is 6.00. The first kappa shape index (κ1) is 18.3. The van der Waals surface area contributed by atoms with E-state index in [0.29, 0.717) is 24.8 Å². The number of aromatic nitrogens is 2. The van der Waals surface area contributed by atoms with E-state index in [9.17, 15) is 4.39 Å². The van der Waals surface area contributed by atoms with Crippen LogP contribution in [-0.2, 0) is 0 Å². The predicted molar refractivity (Wildman–Crippen MR) is 100 cm³/mol. The third kappa shape index (κ3) is 4.79. The monoisotopic (exact) mass is 350 g/mol. The fraction of sp³-hybridized carbons (Fsp3) is 0.778. The quantitative estimate of drug-likeness (QED) is 0.837. The molecule has 25 heavy (non-hydrogen) atoms. The molecule has 1 aromatic heterocycles. The number of hydrogen-bond acceptors (Lipinski definition) is 6. The van der Waals surface area contributed by atoms with Crippen molar-refractivity contribution in [1.29, 1.82) is 0 Å². The number of anilines is 2. The maximum atomic E-state index is 14.2. The van der Waals surface area contributed by atoms with Gasteiger partial charge in [-0.2, -0.15) is 4.98 Å². The fourth-order valence-corrected chi connectivity index (χ4v) is 3.98. The Kier molecular flexibility index (Phi) is 6.06. The highest BCUT2D eigenvalue weighted by Gasteiger charge is 2.34. The molecule has 0 spiro atoms. The van der Waals surface area contributed by atoms with Gasteiger partial charge in [0.25, 0.3) is 0 Å². The second kappa shape index (κ2) is 8.27. The van der Waals surface area contributed by atoms with Crippen LogP contribution in [-0.4, -0.2) is 80.9 Å². The molecule has 3 heterocycles. The average molecular weight is 350 g/mol. The summed E-state index contributed by atoms with van der Waals surface area (Å²) in [5.41, 5.74) is 0. The zero-order chi connectivity index (χ0) is 17.8. The molecule has 0 aromatic carbocycles. The summed E-state index contributed by atoms with van der Waals surface area (Å²) in [6, 6.07) is 2.06. The van der Waals surface area contributed by atoms with Crippen LogP contribution in [0.5, 0.6) is 0 Å². The summed E-state index contributed by atoms with van der Waals surface area (Å²) in [4.78, 5) is 15.2. The van der Waals surface area contributed by atoms with Gasteiger partial charge in [0, 0.05) is 45.8 Å². The molecule has 2 aliphatic rings. The van der Waals surface area contributed by atoms with Gasteiger partial charge in [-0.05, 0) is 45.0 Å². The van der Waals surface area contributed by atoms with Crippen LogP contribution in [0.1, 0.15) is 19.3 Å². The number of piperidine rings is 1. The Morgan fingerprint density at radius 1 is 1.32 bits per heavy atom. The smallest absolute Gasteiger partial charge is 0.226 e. The Labute approximate surface area is 150 Å². The van der Waals surface area contributed by atoms with Crippen LogP contribution in [0.4, 0.5) is 16.2 Å². The molecule has 3 rings (SSSR count). The lowest BCUT2D eigenvalue weighted by Gasteiger charge is -2.32. The lowest BCUT2D eigenvalue weighted by molar-refractivity contribution is 0.229. The summed E-state index contributed by atoms with van der Waals surface area (Å²) in [6.45, 7) is 4.61. The van der Waals surface area contributed by atoms with E-state index >= 15 is 0 Å². The number of hydrogen-bond donors (Lipinski definition) is 1. The van der Waals surface area contributed by atoms with Crippen molar-refractivity contribution in [2.45, 2.75) is 31.5 Å². The van der Waals surface area contributed by atoms with Gasteiger partial charge in [0.1, 0.15) is 12.0 Å². The molecular formula is C18H31FN6. The molecule has 3 atom stereocenters. The molecule has 7 heteroatoms. The molecule has 1 unspecified atom stereocenters. The zero-order valence-corrected chi connectivity index (χ0v) is 15.7. The van der Waals surface area contributed by atoms with Crippen LogP contribution in [0.15, 0.2) is 12.3 Å². The molecule has 2 fully saturated rings. The van der Waals surface area contributed by atoms with Gasteiger partial charge in [0.15, 0.2) is 0 Å². The highest BCUT2D eigenvalue weighted by Crippen LogP contribution is 2.27. The van der Waals surface area contributed by atoms with E-state index in [4.69, 9.17) is 0 Å². The van der Waals surface area contributed by atoms with Crippen LogP contribution in [0, 0.1) is 5.92 Å². The number of alkyl halides is 1. The first-order valence-corrected chi connectivity index (χ1v) is 9.33. The van der Waals surface area contributed by atoms with Crippen LogP contribution in [0.2, 0.25) is 0 Å². The molecule has 2 saturated heterocycles. The second-order valence-electron chi connectivity index (χ2n) is 7.68. The molecule has 0 bridgehead atoms. The first-order valence-electron chi connectivity index (χ1n) is 9.33. The summed E-state index contributed by atoms with van der Waals surface area (Å²) >= 11 is 0. The van der Waals surface area contributed by atoms with Crippen molar-refractivity contribution in [2.75, 3.05) is 63.7 Å². The minimum Gasteiger partial charge on any atom is -0.349 e. The Morgan fingerprint density at radius 3 is 2.88 bits per heavy atom. The van der Waals surface area contributed by atoms with E-state index in [1.54, 1.807) is 6.20 Å². The van der Waals surface area contributed by atoms with Gasteiger partial charge >= 0.3 is 0 Å². The third-order valence-corrected chi connectivity index (χ3v) is 5.18. The topological polar surface area (TPSA) is 47.5 Å². The van der Waals surface area contributed by atoms with Gasteiger partial charge in [0.05, 0.1) is 6.54 Å². The Bertz CT molecular complexity index is 548. The van der Waals surface area contributed by atoms with Crippen molar-refractivity contribution in [2.24, 2.45) is 5.92 Å². The van der Waals surface area contributed by atoms with Gasteiger partial charge in [0.2, 0.25) is 5.95 Å². The van der Waals surface area contributed by atoms with Crippen LogP contribution < -0.4 is 15.1 Å². The van der Waals surface area contributed by atoms with E-state index in [1.807, 2.05) is 25.1 Å². The Hall–Kier alpha value is -1.47. The molecule has 0 amide bonds. The number of nitrogens with one attached hydrogen (secondary N) is 1. The van der Waals surface area contributed by atoms with Crippen molar-refractivity contribution < 1.29 is 4.39 Å². The van der Waals surface area contributed by atoms with E-state index in [2.05, 4.69) is 32.1 Å². The maximum absolute atomic E-state index is 14.2. The number of rotatable bonds is 6. The Morgan fingerprint density at radius 2 is 2.16 bits per heavy atom. The number of halogens is 1. The molecule has 0 saturated carbocycles. The van der Waals surface area contributed by atoms with Crippen LogP contribution in [0.3, 0.4) is 0 Å². The minimum absolute atomic E-state index is 0.168. The molecule has 140 valence electrons. The van der Waals surface area contributed by atoms with Crippen LogP contribution >= 0.6 is 0 Å². The SMILES string of the molecule is CN(CC1CCCNC1)C[C@@H]1C[C@H](F)CN1c1ccnc(N(C)C)n1. The second-order valence-corrected chi connectivity index (χ2v) is 7.68. The van der Waals surface area contributed by atoms with Gasteiger partial charge in [-0.1, -0.05) is 0 Å². The van der Waals surface area contributed by atoms with Crippen molar-refractivity contribution >= 4 is 11.8 Å². The number of likely N-dealkylation sites (N-methyl/N-ethyl adjacent to an activating group) is 1. The van der Waals surface area contributed by atoms with E-state index in [0.717, 1.165) is 32.0 Å². The molecule has 1 aromatic rings. The maximum Gasteiger partial charge on any atom is 0.226 e.